The van der Waals surface area contributed by atoms with Gasteiger partial charge in [0.15, 0.2) is 5.65 Å². The molecule has 0 spiro atoms. The lowest BCUT2D eigenvalue weighted by atomic mass is 9.91. The average Bonchev–Trinajstić information content (AvgIpc) is 3.74. The number of fused-ring (bicyclic) bond motifs is 1. The molecule has 1 aliphatic heterocycles. The van der Waals surface area contributed by atoms with Crippen LogP contribution in [0, 0.1) is 19.7 Å². The maximum absolute atomic E-state index is 15.1. The summed E-state index contributed by atoms with van der Waals surface area (Å²) in [6, 6.07) is 5.94. The van der Waals surface area contributed by atoms with Gasteiger partial charge in [0.05, 0.1) is 23.1 Å². The molecule has 2 fully saturated rings. The highest BCUT2D eigenvalue weighted by atomic mass is 19.4. The molecule has 0 bridgehead atoms. The minimum Gasteiger partial charge on any atom is -0.373 e. The number of aromatic nitrogens is 5. The van der Waals surface area contributed by atoms with Gasteiger partial charge in [0, 0.05) is 36.4 Å². The molecule has 2 aliphatic rings. The third-order valence-corrected chi connectivity index (χ3v) is 7.43. The number of hydrogen-bond donors (Lipinski definition) is 0. The van der Waals surface area contributed by atoms with E-state index in [1.54, 1.807) is 30.5 Å². The number of nitrogens with zero attached hydrogens (tertiary/aromatic N) is 5. The van der Waals surface area contributed by atoms with E-state index in [0.29, 0.717) is 42.7 Å². The van der Waals surface area contributed by atoms with Crippen molar-refractivity contribution in [2.45, 2.75) is 63.8 Å². The first-order valence-corrected chi connectivity index (χ1v) is 12.8. The van der Waals surface area contributed by atoms with Crippen molar-refractivity contribution in [2.75, 3.05) is 6.61 Å². The Kier molecular flexibility index (Phi) is 6.21. The molecule has 1 saturated heterocycles. The molecule has 2 atom stereocenters. The van der Waals surface area contributed by atoms with E-state index in [4.69, 9.17) is 4.74 Å². The van der Waals surface area contributed by atoms with Crippen LogP contribution in [0.1, 0.15) is 72.1 Å². The van der Waals surface area contributed by atoms with E-state index in [9.17, 15) is 18.0 Å². The van der Waals surface area contributed by atoms with Crippen molar-refractivity contribution >= 4 is 11.2 Å². The summed E-state index contributed by atoms with van der Waals surface area (Å²) in [6.45, 7) is 3.94. The lowest BCUT2D eigenvalue weighted by Crippen LogP contribution is -2.23. The molecule has 4 aromatic rings. The van der Waals surface area contributed by atoms with E-state index in [-0.39, 0.29) is 46.0 Å². The van der Waals surface area contributed by atoms with E-state index in [1.165, 1.54) is 0 Å². The van der Waals surface area contributed by atoms with Crippen LogP contribution in [-0.4, -0.2) is 31.1 Å². The summed E-state index contributed by atoms with van der Waals surface area (Å²) in [7, 11) is 0. The fraction of sp³-hybridized carbons (Fsp3) is 0.393. The summed E-state index contributed by atoms with van der Waals surface area (Å²) in [6.07, 6.45) is -0.0541. The zero-order valence-corrected chi connectivity index (χ0v) is 21.3. The monoisotopic (exact) mass is 539 g/mol. The number of rotatable bonds is 4. The minimum atomic E-state index is -4.68. The Morgan fingerprint density at radius 2 is 1.74 bits per heavy atom. The molecule has 202 valence electrons. The number of alkyl halides is 3. The predicted molar refractivity (Wildman–Crippen MR) is 135 cm³/mol. The van der Waals surface area contributed by atoms with Gasteiger partial charge in [-0.05, 0) is 69.4 Å². The van der Waals surface area contributed by atoms with Crippen molar-refractivity contribution in [3.63, 3.8) is 0 Å². The summed E-state index contributed by atoms with van der Waals surface area (Å²) in [5.41, 5.74) is 1.45. The Bertz CT molecular complexity index is 1650. The van der Waals surface area contributed by atoms with Crippen molar-refractivity contribution in [2.24, 2.45) is 0 Å². The van der Waals surface area contributed by atoms with Gasteiger partial charge in [-0.25, -0.2) is 24.3 Å². The summed E-state index contributed by atoms with van der Waals surface area (Å²) >= 11 is 0. The minimum absolute atomic E-state index is 0.0427. The van der Waals surface area contributed by atoms with Gasteiger partial charge >= 0.3 is 6.18 Å². The van der Waals surface area contributed by atoms with E-state index in [1.807, 2.05) is 6.20 Å². The van der Waals surface area contributed by atoms with Gasteiger partial charge in [0.25, 0.3) is 5.56 Å². The van der Waals surface area contributed by atoms with Gasteiger partial charge < -0.3 is 9.30 Å². The quantitative estimate of drug-likeness (QED) is 0.296. The SMILES string of the molecule is Cc1nc2nc([C@@H]3CCO[C@H](c4ccc(=O)n(C5CC5)c4)C3)nc(-c3ccc(C(F)(F)F)cc3F)c2nc1C. The molecular formula is C28H25F4N5O2. The fourth-order valence-electron chi connectivity index (χ4n) is 5.00. The first-order chi connectivity index (χ1) is 18.6. The zero-order chi connectivity index (χ0) is 27.5. The number of benzene rings is 1. The average molecular weight is 540 g/mol. The molecular weight excluding hydrogens is 514 g/mol. The third-order valence-electron chi connectivity index (χ3n) is 7.43. The Labute approximate surface area is 220 Å². The third kappa shape index (κ3) is 4.91. The highest BCUT2D eigenvalue weighted by Gasteiger charge is 2.33. The maximum atomic E-state index is 15.1. The molecule has 1 aromatic carbocycles. The van der Waals surface area contributed by atoms with Gasteiger partial charge in [0.1, 0.15) is 22.9 Å². The highest BCUT2D eigenvalue weighted by molar-refractivity contribution is 5.87. The molecule has 1 saturated carbocycles. The van der Waals surface area contributed by atoms with Crippen LogP contribution in [0.15, 0.2) is 41.3 Å². The fourth-order valence-corrected chi connectivity index (χ4v) is 5.00. The zero-order valence-electron chi connectivity index (χ0n) is 21.3. The number of pyridine rings is 1. The van der Waals surface area contributed by atoms with Crippen LogP contribution in [0.4, 0.5) is 17.6 Å². The van der Waals surface area contributed by atoms with Gasteiger partial charge in [-0.15, -0.1) is 0 Å². The topological polar surface area (TPSA) is 82.8 Å². The molecule has 3 aromatic heterocycles. The van der Waals surface area contributed by atoms with Crippen LogP contribution in [0.3, 0.4) is 0 Å². The summed E-state index contributed by atoms with van der Waals surface area (Å²) in [5.74, 6) is -0.838. The summed E-state index contributed by atoms with van der Waals surface area (Å²) in [4.78, 5) is 30.7. The molecule has 7 nitrogen and oxygen atoms in total. The van der Waals surface area contributed by atoms with E-state index >= 15 is 4.39 Å². The lowest BCUT2D eigenvalue weighted by molar-refractivity contribution is -0.137. The first-order valence-electron chi connectivity index (χ1n) is 12.8. The number of ether oxygens (including phenoxy) is 1. The predicted octanol–water partition coefficient (Wildman–Crippen LogP) is 5.99. The molecule has 0 amide bonds. The maximum Gasteiger partial charge on any atom is 0.416 e. The second-order valence-electron chi connectivity index (χ2n) is 10.2. The Morgan fingerprint density at radius 1 is 0.974 bits per heavy atom. The molecule has 0 unspecified atom stereocenters. The summed E-state index contributed by atoms with van der Waals surface area (Å²) in [5, 5.41) is 0. The van der Waals surface area contributed by atoms with Gasteiger partial charge in [0.2, 0.25) is 0 Å². The second kappa shape index (κ2) is 9.48. The van der Waals surface area contributed by atoms with Gasteiger partial charge in [-0.2, -0.15) is 13.2 Å². The molecule has 39 heavy (non-hydrogen) atoms. The second-order valence-corrected chi connectivity index (χ2v) is 10.2. The van der Waals surface area contributed by atoms with Crippen molar-refractivity contribution < 1.29 is 22.3 Å². The Balaban J connectivity index is 1.42. The van der Waals surface area contributed by atoms with E-state index < -0.39 is 17.6 Å². The van der Waals surface area contributed by atoms with E-state index in [2.05, 4.69) is 19.9 Å². The Hall–Kier alpha value is -3.73. The number of aryl methyl sites for hydroxylation is 2. The van der Waals surface area contributed by atoms with Crippen LogP contribution in [-0.2, 0) is 10.9 Å². The van der Waals surface area contributed by atoms with Crippen LogP contribution in [0.25, 0.3) is 22.4 Å². The normalized spacial score (nSPS) is 19.9. The van der Waals surface area contributed by atoms with Crippen LogP contribution in [0.5, 0.6) is 0 Å². The molecule has 1 aliphatic carbocycles. The molecule has 0 N–H and O–H groups in total. The van der Waals surface area contributed by atoms with Gasteiger partial charge in [-0.1, -0.05) is 0 Å². The molecule has 6 rings (SSSR count). The van der Waals surface area contributed by atoms with Crippen LogP contribution >= 0.6 is 0 Å². The molecule has 0 radical (unpaired) electrons. The lowest BCUT2D eigenvalue weighted by Gasteiger charge is -2.29. The highest BCUT2D eigenvalue weighted by Crippen LogP contribution is 2.40. The van der Waals surface area contributed by atoms with Crippen LogP contribution in [0.2, 0.25) is 0 Å². The van der Waals surface area contributed by atoms with Crippen molar-refractivity contribution in [3.8, 4) is 11.3 Å². The molecule has 11 heteroatoms. The van der Waals surface area contributed by atoms with Crippen molar-refractivity contribution in [1.82, 2.24) is 24.5 Å². The van der Waals surface area contributed by atoms with Crippen molar-refractivity contribution in [1.29, 1.82) is 0 Å². The Morgan fingerprint density at radius 3 is 2.46 bits per heavy atom. The first kappa shape index (κ1) is 25.5. The molecule has 4 heterocycles. The van der Waals surface area contributed by atoms with Crippen LogP contribution < -0.4 is 5.56 Å². The standard InChI is InChI=1S/C28H25F4N5O2/c1-14-15(2)34-27-25(33-14)24(20-7-4-18(12-21(20)29)28(30,31)32)35-26(36-27)16-9-10-39-22(11-16)17-3-8-23(38)37(13-17)19-5-6-19/h3-4,7-8,12-13,16,19,22H,5-6,9-11H2,1-2H3/t16-,22+/m1/s1. The number of hydrogen-bond acceptors (Lipinski definition) is 6. The van der Waals surface area contributed by atoms with Crippen molar-refractivity contribution in [3.05, 3.63) is 81.0 Å². The largest absolute Gasteiger partial charge is 0.416 e. The number of halogens is 4. The smallest absolute Gasteiger partial charge is 0.373 e. The van der Waals surface area contributed by atoms with Gasteiger partial charge in [-0.3, -0.25) is 4.79 Å². The van der Waals surface area contributed by atoms with E-state index in [0.717, 1.165) is 30.5 Å². The summed E-state index contributed by atoms with van der Waals surface area (Å²) < 4.78 is 62.5.